The van der Waals surface area contributed by atoms with Crippen LogP contribution in [0.3, 0.4) is 0 Å². The van der Waals surface area contributed by atoms with E-state index in [9.17, 15) is 8.78 Å². The van der Waals surface area contributed by atoms with E-state index < -0.39 is 0 Å². The van der Waals surface area contributed by atoms with Crippen molar-refractivity contribution >= 4 is 5.69 Å². The predicted octanol–water partition coefficient (Wildman–Crippen LogP) is 8.83. The van der Waals surface area contributed by atoms with Crippen LogP contribution in [-0.4, -0.2) is 6.04 Å². The van der Waals surface area contributed by atoms with E-state index in [-0.39, 0.29) is 23.6 Å². The van der Waals surface area contributed by atoms with Crippen LogP contribution in [0.1, 0.15) is 35.1 Å². The number of halogens is 2. The third-order valence-corrected chi connectivity index (χ3v) is 7.20. The molecular formula is C34H35F2N. The predicted molar refractivity (Wildman–Crippen MR) is 152 cm³/mol. The third-order valence-electron chi connectivity index (χ3n) is 7.20. The van der Waals surface area contributed by atoms with Gasteiger partial charge in [0.1, 0.15) is 11.6 Å². The van der Waals surface area contributed by atoms with Crippen molar-refractivity contribution in [2.75, 3.05) is 4.90 Å². The first kappa shape index (κ1) is 26.3. The topological polar surface area (TPSA) is 3.24 Å². The molecular weight excluding hydrogens is 460 g/mol. The summed E-state index contributed by atoms with van der Waals surface area (Å²) in [4.78, 5) is 2.21. The van der Waals surface area contributed by atoms with E-state index in [0.29, 0.717) is 0 Å². The minimum absolute atomic E-state index is 0.0824. The van der Waals surface area contributed by atoms with Crippen LogP contribution >= 0.6 is 0 Å². The zero-order chi connectivity index (χ0) is 26.4. The minimum Gasteiger partial charge on any atom is -0.337 e. The SMILES string of the molecule is C=C/C=C(\C=C/Cc1cc(C)ccc1C)C1C(CCCc2ccc(F)cc2)C(=C)N1c1ccc(F)cc1. The Kier molecular flexibility index (Phi) is 8.55. The number of anilines is 1. The Hall–Kier alpha value is -3.72. The fourth-order valence-corrected chi connectivity index (χ4v) is 5.18. The lowest BCUT2D eigenvalue weighted by Crippen LogP contribution is -2.54. The number of aryl methyl sites for hydroxylation is 3. The number of hydrogen-bond donors (Lipinski definition) is 0. The maximum atomic E-state index is 13.7. The highest BCUT2D eigenvalue weighted by Crippen LogP contribution is 2.45. The number of hydrogen-bond acceptors (Lipinski definition) is 1. The Labute approximate surface area is 220 Å². The molecule has 3 aromatic carbocycles. The number of nitrogens with zero attached hydrogens (tertiary/aromatic N) is 1. The van der Waals surface area contributed by atoms with Crippen molar-refractivity contribution in [1.29, 1.82) is 0 Å². The summed E-state index contributed by atoms with van der Waals surface area (Å²) in [5.74, 6) is -0.211. The molecule has 37 heavy (non-hydrogen) atoms. The number of benzene rings is 3. The van der Waals surface area contributed by atoms with Gasteiger partial charge in [0, 0.05) is 17.3 Å². The van der Waals surface area contributed by atoms with Crippen molar-refractivity contribution in [2.24, 2.45) is 5.92 Å². The summed E-state index contributed by atoms with van der Waals surface area (Å²) in [6.07, 6.45) is 12.0. The quantitative estimate of drug-likeness (QED) is 0.254. The van der Waals surface area contributed by atoms with Gasteiger partial charge in [-0.25, -0.2) is 8.78 Å². The third kappa shape index (κ3) is 6.35. The highest BCUT2D eigenvalue weighted by molar-refractivity contribution is 5.63. The summed E-state index contributed by atoms with van der Waals surface area (Å²) in [5, 5.41) is 0. The molecule has 1 aliphatic rings. The van der Waals surface area contributed by atoms with E-state index in [0.717, 1.165) is 48.2 Å². The van der Waals surface area contributed by atoms with Gasteiger partial charge >= 0.3 is 0 Å². The van der Waals surface area contributed by atoms with Crippen LogP contribution in [0.25, 0.3) is 0 Å². The van der Waals surface area contributed by atoms with Crippen LogP contribution < -0.4 is 4.90 Å². The summed E-state index contributed by atoms with van der Waals surface area (Å²) >= 11 is 0. The Morgan fingerprint density at radius 1 is 0.946 bits per heavy atom. The van der Waals surface area contributed by atoms with Crippen molar-refractivity contribution in [1.82, 2.24) is 0 Å². The average molecular weight is 496 g/mol. The van der Waals surface area contributed by atoms with E-state index in [2.05, 4.69) is 68.3 Å². The van der Waals surface area contributed by atoms with E-state index in [1.807, 2.05) is 30.3 Å². The van der Waals surface area contributed by atoms with Crippen LogP contribution in [-0.2, 0) is 12.8 Å². The van der Waals surface area contributed by atoms with Crippen LogP contribution in [0.15, 0.2) is 115 Å². The largest absolute Gasteiger partial charge is 0.337 e. The smallest absolute Gasteiger partial charge is 0.123 e. The van der Waals surface area contributed by atoms with E-state index in [1.165, 1.54) is 41.0 Å². The van der Waals surface area contributed by atoms with Gasteiger partial charge in [0.25, 0.3) is 0 Å². The summed E-state index contributed by atoms with van der Waals surface area (Å²) < 4.78 is 26.9. The van der Waals surface area contributed by atoms with Gasteiger partial charge in [-0.2, -0.15) is 0 Å². The van der Waals surface area contributed by atoms with Gasteiger partial charge in [-0.15, -0.1) is 0 Å². The lowest BCUT2D eigenvalue weighted by atomic mass is 9.76. The summed E-state index contributed by atoms with van der Waals surface area (Å²) in [6, 6.07) is 20.0. The molecule has 2 unspecified atom stereocenters. The second-order valence-electron chi connectivity index (χ2n) is 9.85. The van der Waals surface area contributed by atoms with Gasteiger partial charge < -0.3 is 4.90 Å². The lowest BCUT2D eigenvalue weighted by molar-refractivity contribution is 0.374. The lowest BCUT2D eigenvalue weighted by Gasteiger charge is -2.52. The molecule has 1 fully saturated rings. The average Bonchev–Trinajstić information content (AvgIpc) is 2.88. The van der Waals surface area contributed by atoms with Crippen molar-refractivity contribution in [3.05, 3.63) is 149 Å². The molecule has 0 N–H and O–H groups in total. The van der Waals surface area contributed by atoms with Crippen molar-refractivity contribution in [3.8, 4) is 0 Å². The Bertz CT molecular complexity index is 1300. The number of allylic oxidation sites excluding steroid dienone is 3. The van der Waals surface area contributed by atoms with Gasteiger partial charge in [0.05, 0.1) is 6.04 Å². The molecule has 1 aliphatic heterocycles. The van der Waals surface area contributed by atoms with Gasteiger partial charge in [0.15, 0.2) is 0 Å². The van der Waals surface area contributed by atoms with Crippen molar-refractivity contribution in [3.63, 3.8) is 0 Å². The number of rotatable bonds is 10. The molecule has 0 bridgehead atoms. The molecule has 0 spiro atoms. The first-order valence-electron chi connectivity index (χ1n) is 12.9. The van der Waals surface area contributed by atoms with Crippen LogP contribution in [0, 0.1) is 31.4 Å². The van der Waals surface area contributed by atoms with E-state index >= 15 is 0 Å². The molecule has 3 heteroatoms. The zero-order valence-electron chi connectivity index (χ0n) is 21.8. The fourth-order valence-electron chi connectivity index (χ4n) is 5.18. The second-order valence-corrected chi connectivity index (χ2v) is 9.85. The normalized spacial score (nSPS) is 17.8. The molecule has 4 rings (SSSR count). The highest BCUT2D eigenvalue weighted by Gasteiger charge is 2.43. The summed E-state index contributed by atoms with van der Waals surface area (Å²) in [5.41, 5.74) is 8.12. The minimum atomic E-state index is -0.252. The standard InChI is InChI=1S/C34H35F2N/c1-5-8-28(10-7-11-29-23-24(2)13-14-25(29)3)34-33(12-6-9-27-15-17-30(35)18-16-27)26(4)37(34)32-21-19-31(36)20-22-32/h5,7-8,10,13-23,33-34H,1,4,6,9,11-12H2,2-3H3/b10-7-,28-8+. The van der Waals surface area contributed by atoms with E-state index in [4.69, 9.17) is 0 Å². The molecule has 1 saturated heterocycles. The first-order chi connectivity index (χ1) is 17.9. The van der Waals surface area contributed by atoms with Gasteiger partial charge in [0.2, 0.25) is 0 Å². The van der Waals surface area contributed by atoms with Gasteiger partial charge in [-0.05, 0) is 98.2 Å². The van der Waals surface area contributed by atoms with Crippen LogP contribution in [0.2, 0.25) is 0 Å². The van der Waals surface area contributed by atoms with Crippen molar-refractivity contribution in [2.45, 2.75) is 45.6 Å². The Balaban J connectivity index is 1.55. The molecule has 0 aliphatic carbocycles. The van der Waals surface area contributed by atoms with Gasteiger partial charge in [-0.3, -0.25) is 0 Å². The maximum absolute atomic E-state index is 13.7. The zero-order valence-corrected chi connectivity index (χ0v) is 21.8. The maximum Gasteiger partial charge on any atom is 0.123 e. The molecule has 190 valence electrons. The van der Waals surface area contributed by atoms with Crippen LogP contribution in [0.4, 0.5) is 14.5 Å². The van der Waals surface area contributed by atoms with E-state index in [1.54, 1.807) is 0 Å². The molecule has 2 atom stereocenters. The molecule has 0 aromatic heterocycles. The second kappa shape index (κ2) is 12.0. The monoisotopic (exact) mass is 495 g/mol. The molecule has 1 nitrogen and oxygen atoms in total. The van der Waals surface area contributed by atoms with Crippen LogP contribution in [0.5, 0.6) is 0 Å². The van der Waals surface area contributed by atoms with Gasteiger partial charge in [-0.1, -0.05) is 73.4 Å². The molecule has 3 aromatic rings. The molecule has 0 saturated carbocycles. The first-order valence-corrected chi connectivity index (χ1v) is 12.9. The highest BCUT2D eigenvalue weighted by atomic mass is 19.1. The Morgan fingerprint density at radius 2 is 1.62 bits per heavy atom. The Morgan fingerprint density at radius 3 is 2.30 bits per heavy atom. The summed E-state index contributed by atoms with van der Waals surface area (Å²) in [6.45, 7) is 12.6. The molecule has 1 heterocycles. The molecule has 0 radical (unpaired) electrons. The summed E-state index contributed by atoms with van der Waals surface area (Å²) in [7, 11) is 0. The van der Waals surface area contributed by atoms with Crippen molar-refractivity contribution < 1.29 is 8.78 Å². The molecule has 0 amide bonds. The fraction of sp³-hybridized carbons (Fsp3) is 0.235.